The third-order valence-electron chi connectivity index (χ3n) is 1.32. The first-order valence-corrected chi connectivity index (χ1v) is 3.02. The molecule has 7 heteroatoms. The van der Waals surface area contributed by atoms with E-state index in [-0.39, 0.29) is 12.4 Å². The molecule has 0 atom stereocenters. The first-order chi connectivity index (χ1) is 5.38. The number of rotatable bonds is 1. The summed E-state index contributed by atoms with van der Waals surface area (Å²) >= 11 is 0. The SMILES string of the molecule is Cl.Nc1nc[nH]c1-c1ncn[nH]1. The van der Waals surface area contributed by atoms with Crippen LogP contribution in [0.1, 0.15) is 0 Å². The number of nitrogens with one attached hydrogen (secondary N) is 2. The van der Waals surface area contributed by atoms with E-state index in [1.807, 2.05) is 0 Å². The number of aromatic amines is 2. The van der Waals surface area contributed by atoms with Crippen molar-refractivity contribution in [3.63, 3.8) is 0 Å². The third kappa shape index (κ3) is 1.24. The molecule has 0 aliphatic heterocycles. The van der Waals surface area contributed by atoms with Crippen molar-refractivity contribution in [1.82, 2.24) is 25.1 Å². The van der Waals surface area contributed by atoms with Gasteiger partial charge in [-0.05, 0) is 0 Å². The molecule has 6 nitrogen and oxygen atoms in total. The van der Waals surface area contributed by atoms with Crippen molar-refractivity contribution >= 4 is 18.2 Å². The van der Waals surface area contributed by atoms with Gasteiger partial charge in [-0.25, -0.2) is 9.97 Å². The number of halogens is 1. The van der Waals surface area contributed by atoms with Crippen molar-refractivity contribution in [3.05, 3.63) is 12.7 Å². The minimum absolute atomic E-state index is 0. The van der Waals surface area contributed by atoms with Gasteiger partial charge in [-0.2, -0.15) is 5.10 Å². The molecule has 0 radical (unpaired) electrons. The Balaban J connectivity index is 0.000000720. The maximum atomic E-state index is 5.50. The molecule has 2 aromatic heterocycles. The number of nitrogens with zero attached hydrogens (tertiary/aromatic N) is 3. The lowest BCUT2D eigenvalue weighted by molar-refractivity contribution is 1.09. The van der Waals surface area contributed by atoms with E-state index in [1.54, 1.807) is 0 Å². The van der Waals surface area contributed by atoms with Gasteiger partial charge in [-0.1, -0.05) is 0 Å². The fourth-order valence-corrected chi connectivity index (χ4v) is 0.820. The van der Waals surface area contributed by atoms with Crippen LogP contribution in [0.15, 0.2) is 12.7 Å². The molecule has 0 saturated heterocycles. The van der Waals surface area contributed by atoms with Gasteiger partial charge in [0.25, 0.3) is 0 Å². The summed E-state index contributed by atoms with van der Waals surface area (Å²) in [5.41, 5.74) is 6.17. The van der Waals surface area contributed by atoms with E-state index in [1.165, 1.54) is 12.7 Å². The molecule has 0 amide bonds. The molecular weight excluding hydrogens is 180 g/mol. The Labute approximate surface area is 74.0 Å². The zero-order valence-corrected chi connectivity index (χ0v) is 6.80. The van der Waals surface area contributed by atoms with Crippen molar-refractivity contribution in [2.75, 3.05) is 5.73 Å². The van der Waals surface area contributed by atoms with Crippen LogP contribution in [-0.4, -0.2) is 25.1 Å². The lowest BCUT2D eigenvalue weighted by atomic mass is 10.4. The fourth-order valence-electron chi connectivity index (χ4n) is 0.820. The van der Waals surface area contributed by atoms with Gasteiger partial charge >= 0.3 is 0 Å². The van der Waals surface area contributed by atoms with E-state index in [0.717, 1.165) is 0 Å². The Kier molecular flexibility index (Phi) is 2.29. The fraction of sp³-hybridized carbons (Fsp3) is 0. The van der Waals surface area contributed by atoms with Gasteiger partial charge in [0.2, 0.25) is 0 Å². The molecule has 0 aliphatic carbocycles. The molecule has 0 spiro atoms. The normalized spacial score (nSPS) is 9.33. The maximum Gasteiger partial charge on any atom is 0.175 e. The van der Waals surface area contributed by atoms with Gasteiger partial charge in [0.15, 0.2) is 11.6 Å². The van der Waals surface area contributed by atoms with E-state index in [2.05, 4.69) is 25.1 Å². The van der Waals surface area contributed by atoms with Crippen molar-refractivity contribution in [2.24, 2.45) is 0 Å². The number of hydrogen-bond acceptors (Lipinski definition) is 4. The predicted molar refractivity (Wildman–Crippen MR) is 45.6 cm³/mol. The summed E-state index contributed by atoms with van der Waals surface area (Å²) in [6, 6.07) is 0. The van der Waals surface area contributed by atoms with Gasteiger partial charge < -0.3 is 10.7 Å². The second-order valence-corrected chi connectivity index (χ2v) is 2.00. The van der Waals surface area contributed by atoms with Crippen LogP contribution in [0, 0.1) is 0 Å². The monoisotopic (exact) mass is 186 g/mol. The van der Waals surface area contributed by atoms with Crippen LogP contribution < -0.4 is 5.73 Å². The smallest absolute Gasteiger partial charge is 0.175 e. The van der Waals surface area contributed by atoms with Crippen LogP contribution in [0.4, 0.5) is 5.82 Å². The van der Waals surface area contributed by atoms with E-state index < -0.39 is 0 Å². The van der Waals surface area contributed by atoms with Crippen LogP contribution in [0.25, 0.3) is 11.5 Å². The first kappa shape index (κ1) is 8.54. The molecule has 4 N–H and O–H groups in total. The molecule has 0 saturated carbocycles. The number of nitrogen functional groups attached to an aromatic ring is 1. The van der Waals surface area contributed by atoms with Crippen molar-refractivity contribution in [1.29, 1.82) is 0 Å². The highest BCUT2D eigenvalue weighted by Crippen LogP contribution is 2.15. The molecule has 0 unspecified atom stereocenters. The summed E-state index contributed by atoms with van der Waals surface area (Å²) in [5.74, 6) is 1.02. The highest BCUT2D eigenvalue weighted by Gasteiger charge is 2.05. The molecule has 0 fully saturated rings. The van der Waals surface area contributed by atoms with Crippen molar-refractivity contribution in [2.45, 2.75) is 0 Å². The van der Waals surface area contributed by atoms with E-state index in [4.69, 9.17) is 5.73 Å². The maximum absolute atomic E-state index is 5.50. The molecule has 0 aromatic carbocycles. The largest absolute Gasteiger partial charge is 0.382 e. The number of aromatic nitrogens is 5. The second-order valence-electron chi connectivity index (χ2n) is 2.00. The number of imidazole rings is 1. The average molecular weight is 187 g/mol. The summed E-state index contributed by atoms with van der Waals surface area (Å²) in [6.07, 6.45) is 2.92. The lowest BCUT2D eigenvalue weighted by Crippen LogP contribution is -1.89. The molecule has 2 heterocycles. The first-order valence-electron chi connectivity index (χ1n) is 3.02. The summed E-state index contributed by atoms with van der Waals surface area (Å²) in [5, 5.41) is 6.35. The van der Waals surface area contributed by atoms with E-state index >= 15 is 0 Å². The van der Waals surface area contributed by atoms with Crippen molar-refractivity contribution < 1.29 is 0 Å². The number of anilines is 1. The van der Waals surface area contributed by atoms with E-state index in [0.29, 0.717) is 17.3 Å². The Morgan fingerprint density at radius 3 is 2.67 bits per heavy atom. The summed E-state index contributed by atoms with van der Waals surface area (Å²) in [7, 11) is 0. The van der Waals surface area contributed by atoms with Gasteiger partial charge in [0.05, 0.1) is 6.33 Å². The number of hydrogen-bond donors (Lipinski definition) is 3. The van der Waals surface area contributed by atoms with Gasteiger partial charge in [-0.15, -0.1) is 12.4 Å². The topological polar surface area (TPSA) is 96.3 Å². The Morgan fingerprint density at radius 1 is 1.33 bits per heavy atom. The predicted octanol–water partition coefficient (Wildman–Crippen LogP) is 0.199. The number of H-pyrrole nitrogens is 2. The Bertz CT molecular complexity index is 338. The van der Waals surface area contributed by atoms with E-state index in [9.17, 15) is 0 Å². The molecular formula is C5H7ClN6. The summed E-state index contributed by atoms with van der Waals surface area (Å²) < 4.78 is 0. The van der Waals surface area contributed by atoms with Gasteiger partial charge in [0, 0.05) is 0 Å². The third-order valence-corrected chi connectivity index (χ3v) is 1.32. The Morgan fingerprint density at radius 2 is 2.17 bits per heavy atom. The second kappa shape index (κ2) is 3.22. The highest BCUT2D eigenvalue weighted by molar-refractivity contribution is 5.85. The minimum Gasteiger partial charge on any atom is -0.382 e. The molecule has 0 bridgehead atoms. The number of nitrogens with two attached hydrogens (primary N) is 1. The molecule has 2 aromatic rings. The van der Waals surface area contributed by atoms with Crippen LogP contribution >= 0.6 is 12.4 Å². The minimum atomic E-state index is 0. The quantitative estimate of drug-likeness (QED) is 0.593. The van der Waals surface area contributed by atoms with Crippen molar-refractivity contribution in [3.8, 4) is 11.5 Å². The van der Waals surface area contributed by atoms with Gasteiger partial charge in [-0.3, -0.25) is 5.10 Å². The van der Waals surface area contributed by atoms with Crippen LogP contribution in [0.5, 0.6) is 0 Å². The zero-order chi connectivity index (χ0) is 7.68. The van der Waals surface area contributed by atoms with Gasteiger partial charge in [0.1, 0.15) is 12.0 Å². The summed E-state index contributed by atoms with van der Waals surface area (Å²) in [4.78, 5) is 10.5. The Hall–Kier alpha value is -1.56. The van der Waals surface area contributed by atoms with Crippen LogP contribution in [0.3, 0.4) is 0 Å². The average Bonchev–Trinajstić information content (AvgIpc) is 2.55. The molecule has 64 valence electrons. The zero-order valence-electron chi connectivity index (χ0n) is 5.98. The highest BCUT2D eigenvalue weighted by atomic mass is 35.5. The van der Waals surface area contributed by atoms with Crippen LogP contribution in [-0.2, 0) is 0 Å². The lowest BCUT2D eigenvalue weighted by Gasteiger charge is -1.89. The molecule has 0 aliphatic rings. The standard InChI is InChI=1S/C5H6N6.ClH/c6-4-3(7-1-8-4)5-9-2-10-11-5;/h1-2H,6H2,(H,7,8)(H,9,10,11);1H. The molecule has 12 heavy (non-hydrogen) atoms. The van der Waals surface area contributed by atoms with Crippen LogP contribution in [0.2, 0.25) is 0 Å². The summed E-state index contributed by atoms with van der Waals surface area (Å²) in [6.45, 7) is 0. The molecule has 2 rings (SSSR count).